The molecule has 2 amide bonds. The third-order valence-corrected chi connectivity index (χ3v) is 4.13. The van der Waals surface area contributed by atoms with E-state index in [4.69, 9.17) is 16.3 Å². The Bertz CT molecular complexity index is 684. The van der Waals surface area contributed by atoms with E-state index in [1.54, 1.807) is 25.3 Å². The Morgan fingerprint density at radius 1 is 1.18 bits per heavy atom. The molecule has 0 aromatic heterocycles. The van der Waals surface area contributed by atoms with Crippen LogP contribution in [0.2, 0.25) is 5.02 Å². The number of urea groups is 1. The first-order valence-electron chi connectivity index (χ1n) is 7.11. The minimum Gasteiger partial charge on any atom is -0.495 e. The summed E-state index contributed by atoms with van der Waals surface area (Å²) in [7, 11) is 1.55. The number of carbonyl (C=O) groups is 1. The molecule has 4 nitrogen and oxygen atoms in total. The van der Waals surface area contributed by atoms with Crippen molar-refractivity contribution in [1.82, 2.24) is 5.32 Å². The van der Waals surface area contributed by atoms with Crippen molar-refractivity contribution in [3.05, 3.63) is 59.1 Å². The zero-order chi connectivity index (χ0) is 15.6. The highest BCUT2D eigenvalue weighted by Crippen LogP contribution is 2.45. The number of halogens is 1. The van der Waals surface area contributed by atoms with Gasteiger partial charge in [0.15, 0.2) is 0 Å². The lowest BCUT2D eigenvalue weighted by atomic mass is 10.1. The van der Waals surface area contributed by atoms with Gasteiger partial charge in [0, 0.05) is 5.69 Å². The summed E-state index contributed by atoms with van der Waals surface area (Å²) in [6.45, 7) is 0. The van der Waals surface area contributed by atoms with Gasteiger partial charge in [-0.2, -0.15) is 0 Å². The molecular weight excluding hydrogens is 300 g/mol. The second-order valence-electron chi connectivity index (χ2n) is 5.38. The first-order chi connectivity index (χ1) is 10.6. The van der Waals surface area contributed by atoms with Crippen LogP contribution in [0, 0.1) is 0 Å². The van der Waals surface area contributed by atoms with Gasteiger partial charge in [-0.3, -0.25) is 0 Å². The van der Waals surface area contributed by atoms with Gasteiger partial charge in [0.2, 0.25) is 0 Å². The Kier molecular flexibility index (Phi) is 3.94. The van der Waals surface area contributed by atoms with E-state index in [2.05, 4.69) is 10.6 Å². The van der Waals surface area contributed by atoms with Crippen molar-refractivity contribution in [3.8, 4) is 5.75 Å². The lowest BCUT2D eigenvalue weighted by Gasteiger charge is -2.18. The lowest BCUT2D eigenvalue weighted by Crippen LogP contribution is -2.38. The molecule has 0 bridgehead atoms. The predicted molar refractivity (Wildman–Crippen MR) is 87.5 cm³/mol. The number of nitrogens with one attached hydrogen (secondary N) is 2. The molecular formula is C17H17ClN2O2. The molecule has 0 spiro atoms. The van der Waals surface area contributed by atoms with Gasteiger partial charge in [0.1, 0.15) is 5.75 Å². The summed E-state index contributed by atoms with van der Waals surface area (Å²) in [4.78, 5) is 12.2. The van der Waals surface area contributed by atoms with Crippen LogP contribution in [0.5, 0.6) is 5.75 Å². The van der Waals surface area contributed by atoms with Gasteiger partial charge >= 0.3 is 6.03 Å². The molecule has 2 aromatic carbocycles. The summed E-state index contributed by atoms with van der Waals surface area (Å²) < 4.78 is 5.09. The lowest BCUT2D eigenvalue weighted by molar-refractivity contribution is 0.247. The number of hydrogen-bond acceptors (Lipinski definition) is 2. The molecule has 1 aliphatic rings. The van der Waals surface area contributed by atoms with Crippen LogP contribution < -0.4 is 15.4 Å². The number of rotatable bonds is 4. The second kappa shape index (κ2) is 5.89. The van der Waals surface area contributed by atoms with E-state index in [9.17, 15) is 4.79 Å². The molecule has 0 unspecified atom stereocenters. The largest absolute Gasteiger partial charge is 0.495 e. The average Bonchev–Trinajstić information content (AvgIpc) is 3.29. The number of methoxy groups -OCH3 is 1. The van der Waals surface area contributed by atoms with Crippen molar-refractivity contribution in [2.75, 3.05) is 12.4 Å². The van der Waals surface area contributed by atoms with Gasteiger partial charge in [-0.15, -0.1) is 0 Å². The summed E-state index contributed by atoms with van der Waals surface area (Å²) >= 11 is 6.06. The average molecular weight is 317 g/mol. The first kappa shape index (κ1) is 14.7. The number of hydrogen-bond donors (Lipinski definition) is 2. The van der Waals surface area contributed by atoms with Gasteiger partial charge in [0.25, 0.3) is 0 Å². The number of anilines is 1. The van der Waals surface area contributed by atoms with Crippen molar-refractivity contribution in [1.29, 1.82) is 0 Å². The zero-order valence-electron chi connectivity index (χ0n) is 12.2. The van der Waals surface area contributed by atoms with Crippen LogP contribution in [0.1, 0.15) is 18.4 Å². The molecule has 2 aromatic rings. The van der Waals surface area contributed by atoms with Crippen LogP contribution in [-0.4, -0.2) is 13.1 Å². The van der Waals surface area contributed by atoms with Gasteiger partial charge in [-0.05, 0) is 36.6 Å². The number of carbonyl (C=O) groups excluding carboxylic acids is 1. The van der Waals surface area contributed by atoms with Crippen LogP contribution in [0.15, 0.2) is 48.5 Å². The maximum absolute atomic E-state index is 12.2. The number of amides is 2. The third kappa shape index (κ3) is 3.02. The van der Waals surface area contributed by atoms with Gasteiger partial charge < -0.3 is 15.4 Å². The summed E-state index contributed by atoms with van der Waals surface area (Å²) in [5.74, 6) is 0.579. The van der Waals surface area contributed by atoms with Crippen LogP contribution in [0.3, 0.4) is 0 Å². The fraction of sp³-hybridized carbons (Fsp3) is 0.235. The summed E-state index contributed by atoms with van der Waals surface area (Å²) in [6, 6.07) is 14.9. The van der Waals surface area contributed by atoms with Gasteiger partial charge in [0.05, 0.1) is 17.7 Å². The molecule has 0 heterocycles. The van der Waals surface area contributed by atoms with Crippen LogP contribution >= 0.6 is 11.6 Å². The van der Waals surface area contributed by atoms with Gasteiger partial charge in [-0.25, -0.2) is 4.79 Å². The monoisotopic (exact) mass is 316 g/mol. The topological polar surface area (TPSA) is 50.4 Å². The standard InChI is InChI=1S/C17H17ClN2O2/c1-22-15-8-7-13(11-14(15)18)19-16(21)20-17(9-10-17)12-5-3-2-4-6-12/h2-8,11H,9-10H2,1H3,(H2,19,20,21). The van der Waals surface area contributed by atoms with E-state index in [1.807, 2.05) is 30.3 Å². The molecule has 1 aliphatic carbocycles. The second-order valence-corrected chi connectivity index (χ2v) is 5.78. The summed E-state index contributed by atoms with van der Waals surface area (Å²) in [5, 5.41) is 6.33. The van der Waals surface area contributed by atoms with E-state index in [-0.39, 0.29) is 11.6 Å². The van der Waals surface area contributed by atoms with Crippen molar-refractivity contribution < 1.29 is 9.53 Å². The minimum atomic E-state index is -0.235. The Hall–Kier alpha value is -2.20. The van der Waals surface area contributed by atoms with Crippen molar-refractivity contribution in [2.45, 2.75) is 18.4 Å². The molecule has 1 saturated carbocycles. The Morgan fingerprint density at radius 3 is 2.50 bits per heavy atom. The molecule has 114 valence electrons. The Balaban J connectivity index is 1.67. The van der Waals surface area contributed by atoms with Crippen molar-refractivity contribution in [2.24, 2.45) is 0 Å². The number of benzene rings is 2. The van der Waals surface area contributed by atoms with E-state index >= 15 is 0 Å². The SMILES string of the molecule is COc1ccc(NC(=O)NC2(c3ccccc3)CC2)cc1Cl. The molecule has 1 fully saturated rings. The highest BCUT2D eigenvalue weighted by atomic mass is 35.5. The normalized spacial score (nSPS) is 15.0. The fourth-order valence-electron chi connectivity index (χ4n) is 2.49. The zero-order valence-corrected chi connectivity index (χ0v) is 13.0. The predicted octanol–water partition coefficient (Wildman–Crippen LogP) is 4.16. The molecule has 0 aliphatic heterocycles. The summed E-state index contributed by atoms with van der Waals surface area (Å²) in [6.07, 6.45) is 1.90. The molecule has 0 saturated heterocycles. The number of ether oxygens (including phenoxy) is 1. The van der Waals surface area contributed by atoms with Crippen LogP contribution in [-0.2, 0) is 5.54 Å². The quantitative estimate of drug-likeness (QED) is 0.890. The van der Waals surface area contributed by atoms with Crippen LogP contribution in [0.4, 0.5) is 10.5 Å². The maximum atomic E-state index is 12.2. The molecule has 3 rings (SSSR count). The molecule has 2 N–H and O–H groups in total. The Labute approximate surface area is 134 Å². The molecule has 5 heteroatoms. The van der Waals surface area contributed by atoms with E-state index in [1.165, 1.54) is 0 Å². The Morgan fingerprint density at radius 2 is 1.91 bits per heavy atom. The first-order valence-corrected chi connectivity index (χ1v) is 7.49. The van der Waals surface area contributed by atoms with E-state index < -0.39 is 0 Å². The highest BCUT2D eigenvalue weighted by molar-refractivity contribution is 6.32. The van der Waals surface area contributed by atoms with E-state index in [0.717, 1.165) is 18.4 Å². The van der Waals surface area contributed by atoms with Crippen molar-refractivity contribution in [3.63, 3.8) is 0 Å². The fourth-order valence-corrected chi connectivity index (χ4v) is 2.75. The van der Waals surface area contributed by atoms with Crippen LogP contribution in [0.25, 0.3) is 0 Å². The van der Waals surface area contributed by atoms with Crippen molar-refractivity contribution >= 4 is 23.3 Å². The van der Waals surface area contributed by atoms with Gasteiger partial charge in [-0.1, -0.05) is 41.9 Å². The maximum Gasteiger partial charge on any atom is 0.319 e. The molecule has 0 atom stereocenters. The smallest absolute Gasteiger partial charge is 0.319 e. The third-order valence-electron chi connectivity index (χ3n) is 3.84. The highest BCUT2D eigenvalue weighted by Gasteiger charge is 2.45. The summed E-state index contributed by atoms with van der Waals surface area (Å²) in [5.41, 5.74) is 1.53. The molecule has 0 radical (unpaired) electrons. The van der Waals surface area contributed by atoms with E-state index in [0.29, 0.717) is 16.5 Å². The minimum absolute atomic E-state index is 0.234. The molecule has 22 heavy (non-hydrogen) atoms.